The SMILES string of the molecule is CCn1ncnc1Cn1cc(Cl)c(I)n1. The van der Waals surface area contributed by atoms with E-state index >= 15 is 0 Å². The summed E-state index contributed by atoms with van der Waals surface area (Å²) in [6.45, 7) is 3.43. The van der Waals surface area contributed by atoms with Gasteiger partial charge in [-0.3, -0.25) is 4.68 Å². The maximum absolute atomic E-state index is 5.91. The largest absolute Gasteiger partial charge is 0.262 e. The molecule has 5 nitrogen and oxygen atoms in total. The Kier molecular flexibility index (Phi) is 3.25. The summed E-state index contributed by atoms with van der Waals surface area (Å²) < 4.78 is 4.40. The number of aromatic nitrogens is 5. The molecule has 0 saturated heterocycles. The van der Waals surface area contributed by atoms with Crippen molar-refractivity contribution in [3.8, 4) is 0 Å². The highest BCUT2D eigenvalue weighted by molar-refractivity contribution is 14.1. The number of rotatable bonds is 3. The van der Waals surface area contributed by atoms with E-state index in [1.54, 1.807) is 17.2 Å². The maximum atomic E-state index is 5.91. The molecule has 0 saturated carbocycles. The van der Waals surface area contributed by atoms with E-state index in [2.05, 4.69) is 37.8 Å². The molecular weight excluding hydrogens is 328 g/mol. The predicted molar refractivity (Wildman–Crippen MR) is 64.8 cm³/mol. The Balaban J connectivity index is 2.21. The van der Waals surface area contributed by atoms with Crippen molar-refractivity contribution >= 4 is 34.2 Å². The summed E-state index contributed by atoms with van der Waals surface area (Å²) in [6.07, 6.45) is 3.34. The van der Waals surface area contributed by atoms with Crippen LogP contribution < -0.4 is 0 Å². The lowest BCUT2D eigenvalue weighted by atomic mass is 10.5. The van der Waals surface area contributed by atoms with Gasteiger partial charge in [-0.25, -0.2) is 9.67 Å². The van der Waals surface area contributed by atoms with E-state index in [0.29, 0.717) is 11.6 Å². The normalized spacial score (nSPS) is 10.9. The fraction of sp³-hybridized carbons (Fsp3) is 0.375. The van der Waals surface area contributed by atoms with Crippen molar-refractivity contribution in [3.05, 3.63) is 27.1 Å². The van der Waals surface area contributed by atoms with Crippen molar-refractivity contribution in [2.45, 2.75) is 20.0 Å². The zero-order chi connectivity index (χ0) is 10.8. The molecular formula is C8H9ClIN5. The van der Waals surface area contributed by atoms with Gasteiger partial charge in [-0.2, -0.15) is 10.2 Å². The number of hydrogen-bond donors (Lipinski definition) is 0. The van der Waals surface area contributed by atoms with Crippen LogP contribution in [0.2, 0.25) is 5.02 Å². The van der Waals surface area contributed by atoms with Crippen molar-refractivity contribution in [2.24, 2.45) is 0 Å². The lowest BCUT2D eigenvalue weighted by molar-refractivity contribution is 0.566. The summed E-state index contributed by atoms with van der Waals surface area (Å²) in [4.78, 5) is 4.17. The van der Waals surface area contributed by atoms with Crippen LogP contribution in [0.15, 0.2) is 12.5 Å². The molecule has 0 unspecified atom stereocenters. The highest BCUT2D eigenvalue weighted by Crippen LogP contribution is 2.15. The Morgan fingerprint density at radius 3 is 2.93 bits per heavy atom. The first-order valence-electron chi connectivity index (χ1n) is 4.46. The monoisotopic (exact) mass is 337 g/mol. The maximum Gasteiger partial charge on any atom is 0.148 e. The summed E-state index contributed by atoms with van der Waals surface area (Å²) in [7, 11) is 0. The van der Waals surface area contributed by atoms with E-state index in [0.717, 1.165) is 16.1 Å². The molecule has 2 aromatic rings. The average Bonchev–Trinajstić information content (AvgIpc) is 2.75. The third-order valence-electron chi connectivity index (χ3n) is 1.97. The molecule has 15 heavy (non-hydrogen) atoms. The Bertz CT molecular complexity index is 444. The quantitative estimate of drug-likeness (QED) is 0.803. The molecule has 0 bridgehead atoms. The molecule has 0 spiro atoms. The lowest BCUT2D eigenvalue weighted by Crippen LogP contribution is -2.09. The Hall–Kier alpha value is -0.630. The van der Waals surface area contributed by atoms with Gasteiger partial charge in [0, 0.05) is 12.7 Å². The first kappa shape index (κ1) is 10.9. The molecule has 0 aromatic carbocycles. The average molecular weight is 338 g/mol. The van der Waals surface area contributed by atoms with Crippen molar-refractivity contribution in [3.63, 3.8) is 0 Å². The van der Waals surface area contributed by atoms with Crippen LogP contribution in [0.25, 0.3) is 0 Å². The molecule has 0 aliphatic rings. The first-order valence-corrected chi connectivity index (χ1v) is 5.91. The highest BCUT2D eigenvalue weighted by Gasteiger charge is 2.07. The van der Waals surface area contributed by atoms with Crippen LogP contribution in [0.5, 0.6) is 0 Å². The lowest BCUT2D eigenvalue weighted by Gasteiger charge is -2.02. The van der Waals surface area contributed by atoms with Gasteiger partial charge in [0.2, 0.25) is 0 Å². The number of hydrogen-bond acceptors (Lipinski definition) is 3. The minimum absolute atomic E-state index is 0.594. The van der Waals surface area contributed by atoms with E-state index in [4.69, 9.17) is 11.6 Å². The zero-order valence-electron chi connectivity index (χ0n) is 8.06. The van der Waals surface area contributed by atoms with Gasteiger partial charge in [-0.1, -0.05) is 11.6 Å². The van der Waals surface area contributed by atoms with E-state index < -0.39 is 0 Å². The molecule has 7 heteroatoms. The molecule has 0 aliphatic heterocycles. The fourth-order valence-corrected chi connectivity index (χ4v) is 1.84. The van der Waals surface area contributed by atoms with Crippen LogP contribution in [-0.2, 0) is 13.1 Å². The number of nitrogens with zero attached hydrogens (tertiary/aromatic N) is 5. The minimum Gasteiger partial charge on any atom is -0.262 e. The van der Waals surface area contributed by atoms with Crippen LogP contribution in [0.3, 0.4) is 0 Å². The smallest absolute Gasteiger partial charge is 0.148 e. The molecule has 0 fully saturated rings. The molecule has 80 valence electrons. The summed E-state index contributed by atoms with van der Waals surface area (Å²) >= 11 is 8.01. The Morgan fingerprint density at radius 1 is 1.53 bits per heavy atom. The topological polar surface area (TPSA) is 48.5 Å². The Labute approximate surface area is 106 Å². The molecule has 0 aliphatic carbocycles. The van der Waals surface area contributed by atoms with E-state index in [1.165, 1.54) is 0 Å². The molecule has 0 amide bonds. The second-order valence-electron chi connectivity index (χ2n) is 2.96. The molecule has 0 radical (unpaired) electrons. The second kappa shape index (κ2) is 4.48. The van der Waals surface area contributed by atoms with Gasteiger partial charge in [0.25, 0.3) is 0 Å². The molecule has 2 heterocycles. The van der Waals surface area contributed by atoms with Crippen molar-refractivity contribution in [1.82, 2.24) is 24.5 Å². The van der Waals surface area contributed by atoms with Crippen LogP contribution in [0, 0.1) is 3.70 Å². The molecule has 2 rings (SSSR count). The van der Waals surface area contributed by atoms with Gasteiger partial charge < -0.3 is 0 Å². The molecule has 0 N–H and O–H groups in total. The first-order chi connectivity index (χ1) is 7.20. The van der Waals surface area contributed by atoms with Gasteiger partial charge in [0.05, 0.1) is 5.02 Å². The van der Waals surface area contributed by atoms with Gasteiger partial charge in [0.15, 0.2) is 0 Å². The summed E-state index contributed by atoms with van der Waals surface area (Å²) in [5, 5.41) is 9.01. The predicted octanol–water partition coefficient (Wildman–Crippen LogP) is 1.80. The number of aryl methyl sites for hydroxylation is 1. The summed E-state index contributed by atoms with van der Waals surface area (Å²) in [5.41, 5.74) is 0. The van der Waals surface area contributed by atoms with E-state index in [-0.39, 0.29) is 0 Å². The van der Waals surface area contributed by atoms with Crippen molar-refractivity contribution < 1.29 is 0 Å². The Morgan fingerprint density at radius 2 is 2.33 bits per heavy atom. The van der Waals surface area contributed by atoms with Crippen LogP contribution in [0.4, 0.5) is 0 Å². The van der Waals surface area contributed by atoms with Crippen LogP contribution in [0.1, 0.15) is 12.7 Å². The van der Waals surface area contributed by atoms with E-state index in [1.807, 2.05) is 11.6 Å². The molecule has 2 aromatic heterocycles. The zero-order valence-corrected chi connectivity index (χ0v) is 11.0. The van der Waals surface area contributed by atoms with E-state index in [9.17, 15) is 0 Å². The second-order valence-corrected chi connectivity index (χ2v) is 4.39. The summed E-state index contributed by atoms with van der Waals surface area (Å²) in [6, 6.07) is 0. The summed E-state index contributed by atoms with van der Waals surface area (Å²) in [5.74, 6) is 0.882. The standard InChI is InChI=1S/C8H9ClIN5/c1-2-15-7(11-5-12-15)4-14-3-6(9)8(10)13-14/h3,5H,2,4H2,1H3. The van der Waals surface area contributed by atoms with Crippen molar-refractivity contribution in [2.75, 3.05) is 0 Å². The fourth-order valence-electron chi connectivity index (χ4n) is 1.27. The molecule has 0 atom stereocenters. The van der Waals surface area contributed by atoms with Gasteiger partial charge in [-0.05, 0) is 29.5 Å². The minimum atomic E-state index is 0.594. The third-order valence-corrected chi connectivity index (χ3v) is 3.37. The third kappa shape index (κ3) is 2.31. The van der Waals surface area contributed by atoms with Crippen LogP contribution in [-0.4, -0.2) is 24.5 Å². The van der Waals surface area contributed by atoms with Crippen LogP contribution >= 0.6 is 34.2 Å². The number of halogens is 2. The highest BCUT2D eigenvalue weighted by atomic mass is 127. The van der Waals surface area contributed by atoms with Gasteiger partial charge in [-0.15, -0.1) is 0 Å². The van der Waals surface area contributed by atoms with Gasteiger partial charge >= 0.3 is 0 Å². The van der Waals surface area contributed by atoms with Crippen molar-refractivity contribution in [1.29, 1.82) is 0 Å². The van der Waals surface area contributed by atoms with Gasteiger partial charge in [0.1, 0.15) is 22.4 Å².